The third kappa shape index (κ3) is 6.35. The first-order valence-electron chi connectivity index (χ1n) is 10.2. The SMILES string of the molecule is [B]C([B])(O)C([B])(O)Oc1cnc(NC(C)=O)cc1Nc1cc(NC2CCC2)nc(C(C)(F)F)n1. The Kier molecular flexibility index (Phi) is 7.08. The first-order valence-corrected chi connectivity index (χ1v) is 10.2. The third-order valence-electron chi connectivity index (χ3n) is 4.85. The normalized spacial score (nSPS) is 16.2. The predicted octanol–water partition coefficient (Wildman–Crippen LogP) is 0.826. The first-order chi connectivity index (χ1) is 15.6. The minimum absolute atomic E-state index is 0.0365. The zero-order valence-electron chi connectivity index (χ0n) is 18.5. The van der Waals surface area contributed by atoms with Crippen LogP contribution in [0.4, 0.5) is 31.9 Å². The zero-order chi connectivity index (χ0) is 25.3. The van der Waals surface area contributed by atoms with Gasteiger partial charge in [-0.05, 0) is 19.3 Å². The van der Waals surface area contributed by atoms with Gasteiger partial charge in [-0.1, -0.05) is 0 Å². The van der Waals surface area contributed by atoms with Gasteiger partial charge in [-0.3, -0.25) is 4.79 Å². The quantitative estimate of drug-likeness (QED) is 0.268. The summed E-state index contributed by atoms with van der Waals surface area (Å²) in [5.41, 5.74) is -3.02. The first kappa shape index (κ1) is 25.7. The summed E-state index contributed by atoms with van der Waals surface area (Å²) in [5, 5.41) is 25.2. The summed E-state index contributed by atoms with van der Waals surface area (Å²) in [4.78, 5) is 23.1. The molecule has 1 saturated carbocycles. The van der Waals surface area contributed by atoms with Gasteiger partial charge in [-0.2, -0.15) is 8.78 Å². The van der Waals surface area contributed by atoms with Crippen molar-refractivity contribution in [1.29, 1.82) is 0 Å². The standard InChI is InChI=1S/C19H21B3F2N6O4/c1-9(31)26-13-6-11(12(8-25-13)34-19(22,33)18(20,21)32)28-15-7-14(27-10-4-3-5-10)29-16(30-15)17(2,23)24/h6-8,10,32-33H,3-5H2,1-2H3,(H3,25,26,27,28,29,30,31). The van der Waals surface area contributed by atoms with Gasteiger partial charge in [0, 0.05) is 37.4 Å². The van der Waals surface area contributed by atoms with Gasteiger partial charge in [0.25, 0.3) is 0 Å². The van der Waals surface area contributed by atoms with Crippen LogP contribution < -0.4 is 20.7 Å². The maximum absolute atomic E-state index is 14.1. The van der Waals surface area contributed by atoms with E-state index >= 15 is 0 Å². The van der Waals surface area contributed by atoms with Gasteiger partial charge in [0.1, 0.15) is 33.1 Å². The molecule has 2 aromatic heterocycles. The van der Waals surface area contributed by atoms with E-state index in [0.29, 0.717) is 6.92 Å². The number of carbonyl (C=O) groups excluding carboxylic acids is 1. The van der Waals surface area contributed by atoms with Crippen molar-refractivity contribution in [3.05, 3.63) is 24.2 Å². The van der Waals surface area contributed by atoms with Crippen molar-refractivity contribution in [2.75, 3.05) is 16.0 Å². The molecule has 6 radical (unpaired) electrons. The Morgan fingerprint density at radius 3 is 2.32 bits per heavy atom. The van der Waals surface area contributed by atoms with E-state index in [1.165, 1.54) is 19.1 Å². The van der Waals surface area contributed by atoms with Crippen LogP contribution in [0.25, 0.3) is 0 Å². The average Bonchev–Trinajstić information content (AvgIpc) is 2.64. The Morgan fingerprint density at radius 2 is 1.79 bits per heavy atom. The van der Waals surface area contributed by atoms with Crippen LogP contribution in [0.1, 0.15) is 38.9 Å². The van der Waals surface area contributed by atoms with Crippen molar-refractivity contribution in [1.82, 2.24) is 15.0 Å². The third-order valence-corrected chi connectivity index (χ3v) is 4.85. The summed E-state index contributed by atoms with van der Waals surface area (Å²) >= 11 is 0. The second-order valence-electron chi connectivity index (χ2n) is 8.12. The van der Waals surface area contributed by atoms with Gasteiger partial charge in [0.15, 0.2) is 19.3 Å². The second kappa shape index (κ2) is 9.38. The van der Waals surface area contributed by atoms with Crippen LogP contribution in [-0.4, -0.2) is 71.7 Å². The van der Waals surface area contributed by atoms with Crippen molar-refractivity contribution in [2.45, 2.75) is 56.2 Å². The van der Waals surface area contributed by atoms with Crippen LogP contribution in [0.5, 0.6) is 5.75 Å². The lowest BCUT2D eigenvalue weighted by molar-refractivity contribution is -0.130. The maximum Gasteiger partial charge on any atom is 0.303 e. The van der Waals surface area contributed by atoms with Gasteiger partial charge in [0.2, 0.25) is 11.7 Å². The van der Waals surface area contributed by atoms with Gasteiger partial charge in [0.05, 0.1) is 11.9 Å². The summed E-state index contributed by atoms with van der Waals surface area (Å²) in [7, 11) is 15.9. The Morgan fingerprint density at radius 1 is 1.15 bits per heavy atom. The molecule has 1 atom stereocenters. The van der Waals surface area contributed by atoms with Crippen molar-refractivity contribution < 1.29 is 28.5 Å². The molecule has 1 amide bonds. The van der Waals surface area contributed by atoms with Crippen LogP contribution in [0, 0.1) is 0 Å². The molecule has 0 aliphatic heterocycles. The van der Waals surface area contributed by atoms with E-state index in [0.717, 1.165) is 25.5 Å². The number of anilines is 4. The number of aromatic nitrogens is 3. The van der Waals surface area contributed by atoms with Gasteiger partial charge >= 0.3 is 5.92 Å². The van der Waals surface area contributed by atoms with E-state index < -0.39 is 28.7 Å². The van der Waals surface area contributed by atoms with Crippen molar-refractivity contribution in [3.8, 4) is 5.75 Å². The number of ether oxygens (including phenoxy) is 1. The van der Waals surface area contributed by atoms with E-state index in [9.17, 15) is 23.8 Å². The van der Waals surface area contributed by atoms with Crippen LogP contribution in [0.3, 0.4) is 0 Å². The van der Waals surface area contributed by atoms with E-state index in [-0.39, 0.29) is 34.9 Å². The van der Waals surface area contributed by atoms with Crippen molar-refractivity contribution >= 4 is 52.6 Å². The molecule has 0 spiro atoms. The number of nitrogens with one attached hydrogen (secondary N) is 3. The fourth-order valence-corrected chi connectivity index (χ4v) is 2.80. The van der Waals surface area contributed by atoms with E-state index in [4.69, 9.17) is 28.3 Å². The van der Waals surface area contributed by atoms with Crippen LogP contribution in [0.15, 0.2) is 18.3 Å². The summed E-state index contributed by atoms with van der Waals surface area (Å²) < 4.78 is 33.3. The highest BCUT2D eigenvalue weighted by atomic mass is 19.3. The number of pyridine rings is 1. The lowest BCUT2D eigenvalue weighted by Gasteiger charge is -2.38. The van der Waals surface area contributed by atoms with Crippen molar-refractivity contribution in [3.63, 3.8) is 0 Å². The van der Waals surface area contributed by atoms with Gasteiger partial charge in [-0.25, -0.2) is 15.0 Å². The predicted molar refractivity (Wildman–Crippen MR) is 122 cm³/mol. The number of carbonyl (C=O) groups is 1. The molecule has 1 aliphatic rings. The van der Waals surface area contributed by atoms with E-state index in [2.05, 4.69) is 30.9 Å². The van der Waals surface area contributed by atoms with Crippen LogP contribution >= 0.6 is 0 Å². The fourth-order valence-electron chi connectivity index (χ4n) is 2.80. The van der Waals surface area contributed by atoms with Gasteiger partial charge in [-0.15, -0.1) is 0 Å². The largest absolute Gasteiger partial charge is 0.467 e. The van der Waals surface area contributed by atoms with Crippen LogP contribution in [-0.2, 0) is 10.7 Å². The van der Waals surface area contributed by atoms with E-state index in [1.807, 2.05) is 0 Å². The summed E-state index contributed by atoms with van der Waals surface area (Å²) in [6, 6.07) is 2.75. The zero-order valence-corrected chi connectivity index (χ0v) is 18.5. The molecule has 10 nitrogen and oxygen atoms in total. The molecule has 2 heterocycles. The number of halogens is 2. The van der Waals surface area contributed by atoms with Gasteiger partial charge < -0.3 is 30.9 Å². The molecule has 0 saturated heterocycles. The van der Waals surface area contributed by atoms with Crippen molar-refractivity contribution in [2.24, 2.45) is 0 Å². The Labute approximate surface area is 198 Å². The minimum Gasteiger partial charge on any atom is -0.467 e. The Bertz CT molecular complexity index is 1060. The highest BCUT2D eigenvalue weighted by Crippen LogP contribution is 2.34. The maximum atomic E-state index is 14.1. The molecular weight excluding hydrogens is 447 g/mol. The number of aliphatic hydroxyl groups is 2. The number of rotatable bonds is 9. The molecule has 3 rings (SSSR count). The molecule has 34 heavy (non-hydrogen) atoms. The smallest absolute Gasteiger partial charge is 0.303 e. The second-order valence-corrected chi connectivity index (χ2v) is 8.12. The summed E-state index contributed by atoms with van der Waals surface area (Å²) in [5.74, 6) is -4.69. The molecule has 15 heteroatoms. The molecule has 5 N–H and O–H groups in total. The Hall–Kier alpha value is -2.93. The highest BCUT2D eigenvalue weighted by Gasteiger charge is 2.38. The molecule has 0 bridgehead atoms. The number of alkyl halides is 2. The monoisotopic (exact) mass is 468 g/mol. The molecule has 1 aliphatic carbocycles. The number of amides is 1. The summed E-state index contributed by atoms with van der Waals surface area (Å²) in [6.45, 7) is 1.91. The molecule has 174 valence electrons. The van der Waals surface area contributed by atoms with Crippen LogP contribution in [0.2, 0.25) is 0 Å². The number of nitrogens with zero attached hydrogens (tertiary/aromatic N) is 3. The molecule has 1 unspecified atom stereocenters. The lowest BCUT2D eigenvalue weighted by atomic mass is 9.54. The Balaban J connectivity index is 2.01. The minimum atomic E-state index is -3.35. The topological polar surface area (TPSA) is 142 Å². The number of hydrogen-bond donors (Lipinski definition) is 5. The lowest BCUT2D eigenvalue weighted by Crippen LogP contribution is -2.60. The summed E-state index contributed by atoms with van der Waals surface area (Å²) in [6.07, 6.45) is 3.80. The van der Waals surface area contributed by atoms with E-state index in [1.54, 1.807) is 0 Å². The highest BCUT2D eigenvalue weighted by molar-refractivity contribution is 6.43. The fraction of sp³-hybridized carbons (Fsp3) is 0.474. The molecule has 0 aromatic carbocycles. The molecule has 1 fully saturated rings. The molecular formula is C19H21B3F2N6O4. The number of hydrogen-bond acceptors (Lipinski definition) is 9. The average molecular weight is 468 g/mol. The molecule has 2 aromatic rings.